The van der Waals surface area contributed by atoms with Crippen molar-refractivity contribution in [3.63, 3.8) is 0 Å². The number of carboxylic acid groups (broad SMARTS) is 1. The van der Waals surface area contributed by atoms with Gasteiger partial charge in [-0.1, -0.05) is 6.07 Å². The molecule has 0 fully saturated rings. The Morgan fingerprint density at radius 1 is 1.33 bits per heavy atom. The van der Waals surface area contributed by atoms with Crippen LogP contribution in [0.2, 0.25) is 0 Å². The number of amides is 1. The van der Waals surface area contributed by atoms with Gasteiger partial charge in [-0.2, -0.15) is 0 Å². The van der Waals surface area contributed by atoms with Crippen LogP contribution in [0.5, 0.6) is 0 Å². The fraction of sp³-hybridized carbons (Fsp3) is 0.273. The zero-order valence-corrected chi connectivity index (χ0v) is 10.7. The number of aromatic carboxylic acids is 1. The van der Waals surface area contributed by atoms with Crippen molar-refractivity contribution in [3.8, 4) is 0 Å². The highest BCUT2D eigenvalue weighted by molar-refractivity contribution is 7.92. The molecule has 0 saturated carbocycles. The fourth-order valence-electron chi connectivity index (χ4n) is 1.39. The van der Waals surface area contributed by atoms with Gasteiger partial charge in [0.05, 0.1) is 10.5 Å². The second-order valence-corrected chi connectivity index (χ2v) is 5.68. The maximum absolute atomic E-state index is 11.9. The van der Waals surface area contributed by atoms with Gasteiger partial charge in [-0.25, -0.2) is 13.2 Å². The maximum atomic E-state index is 11.9. The predicted molar refractivity (Wildman–Crippen MR) is 64.3 cm³/mol. The van der Waals surface area contributed by atoms with E-state index in [0.717, 1.165) is 6.07 Å². The van der Waals surface area contributed by atoms with Crippen LogP contribution in [0, 0.1) is 6.92 Å². The topological polar surface area (TPSA) is 101 Å². The number of carbonyl (C=O) groups excluding carboxylic acids is 1. The minimum atomic E-state index is -3.83. The number of aryl methyl sites for hydroxylation is 1. The Balaban J connectivity index is 3.27. The van der Waals surface area contributed by atoms with E-state index in [2.05, 4.69) is 5.32 Å². The largest absolute Gasteiger partial charge is 0.478 e. The molecule has 1 amide bonds. The summed E-state index contributed by atoms with van der Waals surface area (Å²) in [5, 5.41) is 11.0. The standard InChI is InChI=1S/C11H13NO5S/c1-7-3-4-8(11(14)15)5-9(7)18(16,17)6-10(13)12-2/h3-5H,6H2,1-2H3,(H,12,13)(H,14,15). The normalized spacial score (nSPS) is 11.0. The molecule has 1 aromatic rings. The van der Waals surface area contributed by atoms with Crippen LogP contribution in [0.15, 0.2) is 23.1 Å². The summed E-state index contributed by atoms with van der Waals surface area (Å²) in [7, 11) is -2.50. The molecule has 98 valence electrons. The molecule has 0 unspecified atom stereocenters. The molecule has 0 bridgehead atoms. The second-order valence-electron chi connectivity index (χ2n) is 3.72. The van der Waals surface area contributed by atoms with Gasteiger partial charge in [0.15, 0.2) is 9.84 Å². The Labute approximate surface area is 105 Å². The van der Waals surface area contributed by atoms with E-state index in [-0.39, 0.29) is 10.5 Å². The van der Waals surface area contributed by atoms with Crippen molar-refractivity contribution in [3.05, 3.63) is 29.3 Å². The number of hydrogen-bond acceptors (Lipinski definition) is 4. The number of sulfone groups is 1. The molecule has 0 aliphatic heterocycles. The molecule has 2 N–H and O–H groups in total. The minimum absolute atomic E-state index is 0.129. The molecule has 0 radical (unpaired) electrons. The van der Waals surface area contributed by atoms with E-state index in [0.29, 0.717) is 5.56 Å². The number of hydrogen-bond donors (Lipinski definition) is 2. The highest BCUT2D eigenvalue weighted by atomic mass is 32.2. The van der Waals surface area contributed by atoms with Crippen molar-refractivity contribution in [1.82, 2.24) is 5.32 Å². The summed E-state index contributed by atoms with van der Waals surface area (Å²) in [6, 6.07) is 3.78. The summed E-state index contributed by atoms with van der Waals surface area (Å²) in [4.78, 5) is 21.8. The molecule has 18 heavy (non-hydrogen) atoms. The Hall–Kier alpha value is -1.89. The predicted octanol–water partition coefficient (Wildman–Crippen LogP) is 0.213. The summed E-state index contributed by atoms with van der Waals surface area (Å²) in [5.41, 5.74) is 0.278. The number of benzene rings is 1. The molecule has 0 heterocycles. The third-order valence-corrected chi connectivity index (χ3v) is 4.12. The molecular formula is C11H13NO5S. The summed E-state index contributed by atoms with van der Waals surface area (Å²) in [6.07, 6.45) is 0. The van der Waals surface area contributed by atoms with E-state index in [4.69, 9.17) is 5.11 Å². The van der Waals surface area contributed by atoms with Crippen LogP contribution in [0.25, 0.3) is 0 Å². The molecule has 0 saturated heterocycles. The summed E-state index contributed by atoms with van der Waals surface area (Å²) < 4.78 is 23.9. The van der Waals surface area contributed by atoms with E-state index in [1.807, 2.05) is 0 Å². The summed E-state index contributed by atoms with van der Waals surface area (Å²) in [5.74, 6) is -2.56. The van der Waals surface area contributed by atoms with Gasteiger partial charge in [0.1, 0.15) is 5.75 Å². The second kappa shape index (κ2) is 5.18. The van der Waals surface area contributed by atoms with Gasteiger partial charge in [0, 0.05) is 7.05 Å². The molecular weight excluding hydrogens is 258 g/mol. The third-order valence-electron chi connectivity index (χ3n) is 2.37. The fourth-order valence-corrected chi connectivity index (χ4v) is 2.90. The Kier molecular flexibility index (Phi) is 4.07. The lowest BCUT2D eigenvalue weighted by Gasteiger charge is -2.08. The Bertz CT molecular complexity index is 591. The first kappa shape index (κ1) is 14.2. The van der Waals surface area contributed by atoms with E-state index in [1.165, 1.54) is 19.2 Å². The number of nitrogens with one attached hydrogen (secondary N) is 1. The first-order valence-electron chi connectivity index (χ1n) is 5.05. The smallest absolute Gasteiger partial charge is 0.335 e. The van der Waals surface area contributed by atoms with Crippen molar-refractivity contribution < 1.29 is 23.1 Å². The highest BCUT2D eigenvalue weighted by Crippen LogP contribution is 2.18. The van der Waals surface area contributed by atoms with Gasteiger partial charge in [-0.3, -0.25) is 4.79 Å². The maximum Gasteiger partial charge on any atom is 0.335 e. The first-order valence-corrected chi connectivity index (χ1v) is 6.70. The van der Waals surface area contributed by atoms with Crippen LogP contribution in [-0.2, 0) is 14.6 Å². The van der Waals surface area contributed by atoms with E-state index >= 15 is 0 Å². The number of carboxylic acids is 1. The van der Waals surface area contributed by atoms with Gasteiger partial charge in [-0.05, 0) is 24.6 Å². The lowest BCUT2D eigenvalue weighted by molar-refractivity contribution is -0.118. The molecule has 1 aromatic carbocycles. The van der Waals surface area contributed by atoms with Crippen LogP contribution in [-0.4, -0.2) is 38.2 Å². The van der Waals surface area contributed by atoms with Gasteiger partial charge in [0.2, 0.25) is 5.91 Å². The molecule has 0 atom stereocenters. The molecule has 0 aromatic heterocycles. The quantitative estimate of drug-likeness (QED) is 0.815. The molecule has 7 heteroatoms. The summed E-state index contributed by atoms with van der Waals surface area (Å²) >= 11 is 0. The monoisotopic (exact) mass is 271 g/mol. The van der Waals surface area contributed by atoms with Gasteiger partial charge in [0.25, 0.3) is 0 Å². The van der Waals surface area contributed by atoms with Crippen molar-refractivity contribution in [1.29, 1.82) is 0 Å². The average molecular weight is 271 g/mol. The van der Waals surface area contributed by atoms with Gasteiger partial charge in [-0.15, -0.1) is 0 Å². The lowest BCUT2D eigenvalue weighted by Crippen LogP contribution is -2.27. The van der Waals surface area contributed by atoms with Crippen LogP contribution in [0.4, 0.5) is 0 Å². The van der Waals surface area contributed by atoms with E-state index < -0.39 is 27.5 Å². The number of rotatable bonds is 4. The minimum Gasteiger partial charge on any atom is -0.478 e. The summed E-state index contributed by atoms with van der Waals surface area (Å²) in [6.45, 7) is 1.54. The van der Waals surface area contributed by atoms with Crippen LogP contribution in [0.1, 0.15) is 15.9 Å². The van der Waals surface area contributed by atoms with Crippen molar-refractivity contribution >= 4 is 21.7 Å². The van der Waals surface area contributed by atoms with Crippen molar-refractivity contribution in [2.75, 3.05) is 12.8 Å². The molecule has 0 aliphatic carbocycles. The van der Waals surface area contributed by atoms with Crippen LogP contribution >= 0.6 is 0 Å². The zero-order chi connectivity index (χ0) is 13.9. The van der Waals surface area contributed by atoms with Crippen LogP contribution < -0.4 is 5.32 Å². The highest BCUT2D eigenvalue weighted by Gasteiger charge is 2.22. The molecule has 0 aliphatic rings. The van der Waals surface area contributed by atoms with Crippen LogP contribution in [0.3, 0.4) is 0 Å². The lowest BCUT2D eigenvalue weighted by atomic mass is 10.1. The Morgan fingerprint density at radius 2 is 1.94 bits per heavy atom. The van der Waals surface area contributed by atoms with Crippen molar-refractivity contribution in [2.24, 2.45) is 0 Å². The molecule has 1 rings (SSSR count). The van der Waals surface area contributed by atoms with Gasteiger partial charge >= 0.3 is 5.97 Å². The third kappa shape index (κ3) is 3.07. The van der Waals surface area contributed by atoms with Crippen molar-refractivity contribution in [2.45, 2.75) is 11.8 Å². The Morgan fingerprint density at radius 3 is 2.44 bits per heavy atom. The van der Waals surface area contributed by atoms with Gasteiger partial charge < -0.3 is 10.4 Å². The molecule has 0 spiro atoms. The zero-order valence-electron chi connectivity index (χ0n) is 9.93. The SMILES string of the molecule is CNC(=O)CS(=O)(=O)c1cc(C(=O)O)ccc1C. The van der Waals surface area contributed by atoms with E-state index in [1.54, 1.807) is 6.92 Å². The molecule has 6 nitrogen and oxygen atoms in total. The first-order chi connectivity index (χ1) is 8.27. The van der Waals surface area contributed by atoms with E-state index in [9.17, 15) is 18.0 Å². The number of carbonyl (C=O) groups is 2. The average Bonchev–Trinajstić information content (AvgIpc) is 2.28.